The van der Waals surface area contributed by atoms with Gasteiger partial charge in [0.1, 0.15) is 4.60 Å². The minimum atomic E-state index is -0.193. The minimum Gasteiger partial charge on any atom is -0.321 e. The summed E-state index contributed by atoms with van der Waals surface area (Å²) in [4.78, 5) is 16.5. The van der Waals surface area contributed by atoms with E-state index in [1.54, 1.807) is 18.3 Å². The summed E-state index contributed by atoms with van der Waals surface area (Å²) in [6.07, 6.45) is 3.22. The molecule has 0 spiro atoms. The van der Waals surface area contributed by atoms with Crippen LogP contribution in [-0.4, -0.2) is 10.9 Å². The Bertz CT molecular complexity index is 673. The van der Waals surface area contributed by atoms with E-state index in [0.717, 1.165) is 29.7 Å². The maximum atomic E-state index is 12.5. The monoisotopic (exact) mass is 366 g/mol. The predicted octanol–water partition coefficient (Wildman–Crippen LogP) is 4.87. The summed E-state index contributed by atoms with van der Waals surface area (Å²) in [5.74, 6) is -0.193. The van der Waals surface area contributed by atoms with E-state index >= 15 is 0 Å². The number of carbonyl (C=O) groups excluding carboxylic acids is 1. The Morgan fingerprint density at radius 3 is 2.67 bits per heavy atom. The fourth-order valence-electron chi connectivity index (χ4n) is 2.20. The van der Waals surface area contributed by atoms with Gasteiger partial charge in [0.05, 0.1) is 5.56 Å². The molecule has 1 amide bonds. The number of nitrogens with one attached hydrogen (secondary N) is 1. The zero-order valence-electron chi connectivity index (χ0n) is 11.9. The summed E-state index contributed by atoms with van der Waals surface area (Å²) in [7, 11) is 0. The Labute approximate surface area is 137 Å². The van der Waals surface area contributed by atoms with Gasteiger partial charge >= 0.3 is 0 Å². The van der Waals surface area contributed by atoms with Crippen molar-refractivity contribution in [3.63, 3.8) is 0 Å². The van der Waals surface area contributed by atoms with Crippen molar-refractivity contribution in [2.75, 3.05) is 5.32 Å². The number of halogens is 2. The number of aromatic nitrogens is 1. The molecular weight excluding hydrogens is 352 g/mol. The Kier molecular flexibility index (Phi) is 5.37. The molecule has 0 bridgehead atoms. The molecule has 0 aliphatic rings. The third-order valence-electron chi connectivity index (χ3n) is 3.32. The molecule has 110 valence electrons. The first-order valence-electron chi connectivity index (χ1n) is 6.80. The predicted molar refractivity (Wildman–Crippen MR) is 90.1 cm³/mol. The van der Waals surface area contributed by atoms with Gasteiger partial charge in [-0.25, -0.2) is 4.98 Å². The van der Waals surface area contributed by atoms with E-state index in [4.69, 9.17) is 11.6 Å². The zero-order valence-corrected chi connectivity index (χ0v) is 14.3. The second-order valence-electron chi connectivity index (χ2n) is 4.56. The van der Waals surface area contributed by atoms with E-state index in [2.05, 4.69) is 33.2 Å². The number of carbonyl (C=O) groups is 1. The molecule has 3 nitrogen and oxygen atoms in total. The topological polar surface area (TPSA) is 42.0 Å². The molecule has 1 aromatic heterocycles. The standard InChI is InChI=1S/C16H16BrClN2O/c1-3-10-7-8-13(18)11(4-2)14(10)20-16(21)12-6-5-9-19-15(12)17/h5-9H,3-4H2,1-2H3,(H,20,21). The van der Waals surface area contributed by atoms with E-state index in [1.807, 2.05) is 19.1 Å². The molecule has 2 rings (SSSR count). The normalized spacial score (nSPS) is 10.5. The van der Waals surface area contributed by atoms with Crippen LogP contribution in [0.25, 0.3) is 0 Å². The van der Waals surface area contributed by atoms with Crippen LogP contribution in [-0.2, 0) is 12.8 Å². The van der Waals surface area contributed by atoms with Crippen molar-refractivity contribution in [1.29, 1.82) is 0 Å². The molecule has 0 saturated carbocycles. The van der Waals surface area contributed by atoms with Gasteiger partial charge in [0.2, 0.25) is 0 Å². The SMILES string of the molecule is CCc1ccc(Cl)c(CC)c1NC(=O)c1cccnc1Br. The van der Waals surface area contributed by atoms with Gasteiger partial charge < -0.3 is 5.32 Å². The second-order valence-corrected chi connectivity index (χ2v) is 5.72. The van der Waals surface area contributed by atoms with E-state index in [9.17, 15) is 4.79 Å². The number of benzene rings is 1. The molecule has 21 heavy (non-hydrogen) atoms. The van der Waals surface area contributed by atoms with Crippen LogP contribution < -0.4 is 5.32 Å². The first-order chi connectivity index (χ1) is 10.1. The fourth-order valence-corrected chi connectivity index (χ4v) is 2.92. The summed E-state index contributed by atoms with van der Waals surface area (Å²) >= 11 is 9.54. The number of hydrogen-bond donors (Lipinski definition) is 1. The van der Waals surface area contributed by atoms with Crippen molar-refractivity contribution < 1.29 is 4.79 Å². The molecule has 2 aromatic rings. The van der Waals surface area contributed by atoms with Crippen LogP contribution >= 0.6 is 27.5 Å². The lowest BCUT2D eigenvalue weighted by Crippen LogP contribution is -2.16. The smallest absolute Gasteiger partial charge is 0.258 e. The molecule has 0 radical (unpaired) electrons. The third kappa shape index (κ3) is 3.44. The van der Waals surface area contributed by atoms with E-state index < -0.39 is 0 Å². The van der Waals surface area contributed by atoms with Gasteiger partial charge in [-0.1, -0.05) is 31.5 Å². The molecule has 1 heterocycles. The average molecular weight is 368 g/mol. The first-order valence-corrected chi connectivity index (χ1v) is 7.97. The van der Waals surface area contributed by atoms with Gasteiger partial charge in [0.15, 0.2) is 0 Å². The van der Waals surface area contributed by atoms with Crippen LogP contribution in [0.3, 0.4) is 0 Å². The highest BCUT2D eigenvalue weighted by Gasteiger charge is 2.16. The van der Waals surface area contributed by atoms with Crippen LogP contribution in [0.15, 0.2) is 35.1 Å². The van der Waals surface area contributed by atoms with Crippen molar-refractivity contribution in [2.24, 2.45) is 0 Å². The molecular formula is C16H16BrClN2O. The Morgan fingerprint density at radius 1 is 1.29 bits per heavy atom. The van der Waals surface area contributed by atoms with Gasteiger partial charge in [-0.2, -0.15) is 0 Å². The Balaban J connectivity index is 2.41. The molecule has 0 saturated heterocycles. The lowest BCUT2D eigenvalue weighted by molar-refractivity contribution is 0.102. The van der Waals surface area contributed by atoms with E-state index in [0.29, 0.717) is 15.2 Å². The van der Waals surface area contributed by atoms with Gasteiger partial charge in [-0.05, 0) is 58.1 Å². The quantitative estimate of drug-likeness (QED) is 0.783. The van der Waals surface area contributed by atoms with E-state index in [-0.39, 0.29) is 5.91 Å². The number of aryl methyl sites for hydroxylation is 1. The maximum Gasteiger partial charge on any atom is 0.258 e. The van der Waals surface area contributed by atoms with Gasteiger partial charge in [0, 0.05) is 16.9 Å². The third-order valence-corrected chi connectivity index (χ3v) is 4.30. The number of amides is 1. The number of rotatable bonds is 4. The Morgan fingerprint density at radius 2 is 2.05 bits per heavy atom. The van der Waals surface area contributed by atoms with Crippen molar-refractivity contribution in [2.45, 2.75) is 26.7 Å². The molecule has 0 aliphatic carbocycles. The van der Waals surface area contributed by atoms with Crippen molar-refractivity contribution in [3.05, 3.63) is 56.8 Å². The van der Waals surface area contributed by atoms with Gasteiger partial charge in [0.25, 0.3) is 5.91 Å². The summed E-state index contributed by atoms with van der Waals surface area (Å²) in [6, 6.07) is 7.30. The molecule has 0 fully saturated rings. The summed E-state index contributed by atoms with van der Waals surface area (Å²) in [5.41, 5.74) is 3.35. The molecule has 0 unspecified atom stereocenters. The minimum absolute atomic E-state index is 0.193. The maximum absolute atomic E-state index is 12.5. The number of anilines is 1. The van der Waals surface area contributed by atoms with Crippen LogP contribution in [0.4, 0.5) is 5.69 Å². The number of pyridine rings is 1. The Hall–Kier alpha value is -1.39. The van der Waals surface area contributed by atoms with Crippen molar-refractivity contribution >= 4 is 39.1 Å². The largest absolute Gasteiger partial charge is 0.321 e. The van der Waals surface area contributed by atoms with Crippen LogP contribution in [0.5, 0.6) is 0 Å². The summed E-state index contributed by atoms with van der Waals surface area (Å²) in [6.45, 7) is 4.08. The zero-order chi connectivity index (χ0) is 15.4. The number of hydrogen-bond acceptors (Lipinski definition) is 2. The lowest BCUT2D eigenvalue weighted by atomic mass is 10.0. The average Bonchev–Trinajstić information content (AvgIpc) is 2.48. The second kappa shape index (κ2) is 7.05. The molecule has 1 aromatic carbocycles. The lowest BCUT2D eigenvalue weighted by Gasteiger charge is -2.16. The van der Waals surface area contributed by atoms with E-state index in [1.165, 1.54) is 0 Å². The molecule has 0 aliphatic heterocycles. The molecule has 0 atom stereocenters. The highest BCUT2D eigenvalue weighted by atomic mass is 79.9. The van der Waals surface area contributed by atoms with Gasteiger partial charge in [-0.3, -0.25) is 4.79 Å². The van der Waals surface area contributed by atoms with Crippen molar-refractivity contribution in [1.82, 2.24) is 4.98 Å². The van der Waals surface area contributed by atoms with Crippen LogP contribution in [0, 0.1) is 0 Å². The van der Waals surface area contributed by atoms with Crippen LogP contribution in [0.2, 0.25) is 5.02 Å². The van der Waals surface area contributed by atoms with Gasteiger partial charge in [-0.15, -0.1) is 0 Å². The van der Waals surface area contributed by atoms with Crippen molar-refractivity contribution in [3.8, 4) is 0 Å². The van der Waals surface area contributed by atoms with Crippen LogP contribution in [0.1, 0.15) is 35.3 Å². The fraction of sp³-hybridized carbons (Fsp3) is 0.250. The molecule has 1 N–H and O–H groups in total. The molecule has 5 heteroatoms. The summed E-state index contributed by atoms with van der Waals surface area (Å²) < 4.78 is 0.528. The highest BCUT2D eigenvalue weighted by molar-refractivity contribution is 9.10. The highest BCUT2D eigenvalue weighted by Crippen LogP contribution is 2.30. The first kappa shape index (κ1) is 16.0. The summed E-state index contributed by atoms with van der Waals surface area (Å²) in [5, 5.41) is 3.66. The number of nitrogens with zero attached hydrogens (tertiary/aromatic N) is 1.